The van der Waals surface area contributed by atoms with Crippen molar-refractivity contribution in [3.05, 3.63) is 60.2 Å². The lowest BCUT2D eigenvalue weighted by Crippen LogP contribution is -2.51. The van der Waals surface area contributed by atoms with E-state index in [1.54, 1.807) is 15.6 Å². The van der Waals surface area contributed by atoms with Gasteiger partial charge in [0.1, 0.15) is 0 Å². The summed E-state index contributed by atoms with van der Waals surface area (Å²) >= 11 is 0. The van der Waals surface area contributed by atoms with Crippen LogP contribution < -0.4 is 0 Å². The number of likely N-dealkylation sites (N-methyl/N-ethyl adjacent to an activating group) is 1. The van der Waals surface area contributed by atoms with Crippen LogP contribution in [-0.4, -0.2) is 80.4 Å². The number of carbonyl (C=O) groups excluding carboxylic acids is 1. The van der Waals surface area contributed by atoms with Crippen LogP contribution in [0.5, 0.6) is 0 Å². The molecule has 9 heteroatoms. The third-order valence-corrected chi connectivity index (χ3v) is 4.99. The maximum atomic E-state index is 13.6. The highest BCUT2D eigenvalue weighted by atomic mass is 16.5. The van der Waals surface area contributed by atoms with Crippen molar-refractivity contribution in [2.75, 3.05) is 33.8 Å². The normalized spacial score (nSPS) is 19.7. The summed E-state index contributed by atoms with van der Waals surface area (Å²) in [7, 11) is 5.87. The number of para-hydroxylation sites is 1. The van der Waals surface area contributed by atoms with Gasteiger partial charge in [0.2, 0.25) is 0 Å². The molecule has 1 saturated heterocycles. The van der Waals surface area contributed by atoms with Crippen molar-refractivity contribution in [3.63, 3.8) is 0 Å². The summed E-state index contributed by atoms with van der Waals surface area (Å²) in [5, 5.41) is 12.4. The first-order chi connectivity index (χ1) is 14.0. The van der Waals surface area contributed by atoms with Gasteiger partial charge in [0.25, 0.3) is 5.91 Å². The predicted molar refractivity (Wildman–Crippen MR) is 107 cm³/mol. The molecule has 4 rings (SSSR count). The minimum atomic E-state index is -0.244. The van der Waals surface area contributed by atoms with E-state index >= 15 is 0 Å². The Labute approximate surface area is 169 Å². The summed E-state index contributed by atoms with van der Waals surface area (Å²) in [5.74, 6) is -0.125. The Morgan fingerprint density at radius 1 is 1.24 bits per heavy atom. The van der Waals surface area contributed by atoms with Crippen molar-refractivity contribution in [1.82, 2.24) is 34.6 Å². The molecule has 1 aliphatic heterocycles. The highest BCUT2D eigenvalue weighted by Crippen LogP contribution is 2.31. The van der Waals surface area contributed by atoms with Crippen LogP contribution in [0.1, 0.15) is 22.1 Å². The molecular formula is C20H25N7O2. The van der Waals surface area contributed by atoms with E-state index in [0.717, 1.165) is 11.3 Å². The van der Waals surface area contributed by atoms with E-state index in [-0.39, 0.29) is 18.1 Å². The van der Waals surface area contributed by atoms with Crippen molar-refractivity contribution in [1.29, 1.82) is 0 Å². The Balaban J connectivity index is 1.70. The summed E-state index contributed by atoms with van der Waals surface area (Å²) < 4.78 is 9.39. The van der Waals surface area contributed by atoms with Crippen LogP contribution in [0, 0.1) is 0 Å². The van der Waals surface area contributed by atoms with Gasteiger partial charge < -0.3 is 14.5 Å². The number of morpholine rings is 1. The highest BCUT2D eigenvalue weighted by Gasteiger charge is 2.38. The average molecular weight is 395 g/mol. The second-order valence-corrected chi connectivity index (χ2v) is 7.43. The van der Waals surface area contributed by atoms with Gasteiger partial charge in [-0.25, -0.2) is 4.68 Å². The molecule has 0 saturated carbocycles. The van der Waals surface area contributed by atoms with Gasteiger partial charge in [-0.3, -0.25) is 9.48 Å². The van der Waals surface area contributed by atoms with E-state index in [0.29, 0.717) is 25.4 Å². The van der Waals surface area contributed by atoms with Crippen LogP contribution >= 0.6 is 0 Å². The monoisotopic (exact) mass is 395 g/mol. The number of rotatable bonds is 5. The van der Waals surface area contributed by atoms with Crippen LogP contribution in [0.25, 0.3) is 5.69 Å². The van der Waals surface area contributed by atoms with Gasteiger partial charge in [-0.2, -0.15) is 5.10 Å². The Bertz CT molecular complexity index is 966. The summed E-state index contributed by atoms with van der Waals surface area (Å²) in [6, 6.07) is 9.30. The van der Waals surface area contributed by atoms with Crippen molar-refractivity contribution >= 4 is 5.91 Å². The lowest BCUT2D eigenvalue weighted by Gasteiger charge is -2.41. The number of aryl methyl sites for hydroxylation is 1. The van der Waals surface area contributed by atoms with Crippen LogP contribution in [0.15, 0.2) is 48.9 Å². The van der Waals surface area contributed by atoms with E-state index in [1.807, 2.05) is 62.6 Å². The molecule has 0 aliphatic carbocycles. The third-order valence-electron chi connectivity index (χ3n) is 4.99. The zero-order valence-corrected chi connectivity index (χ0v) is 16.8. The van der Waals surface area contributed by atoms with Crippen LogP contribution in [0.2, 0.25) is 0 Å². The molecule has 152 valence electrons. The number of carbonyl (C=O) groups is 1. The molecular weight excluding hydrogens is 370 g/mol. The minimum Gasteiger partial charge on any atom is -0.373 e. The fourth-order valence-corrected chi connectivity index (χ4v) is 3.75. The maximum Gasteiger partial charge on any atom is 0.274 e. The van der Waals surface area contributed by atoms with Crippen LogP contribution in [0.3, 0.4) is 0 Å². The first-order valence-electron chi connectivity index (χ1n) is 9.56. The summed E-state index contributed by atoms with van der Waals surface area (Å²) in [6.45, 7) is 1.66. The summed E-state index contributed by atoms with van der Waals surface area (Å²) in [6.07, 6.45) is 5.10. The Morgan fingerprint density at radius 2 is 2.03 bits per heavy atom. The number of hydrogen-bond acceptors (Lipinski definition) is 6. The molecule has 0 radical (unpaired) electrons. The number of benzene rings is 1. The second-order valence-electron chi connectivity index (χ2n) is 7.43. The first-order valence-corrected chi connectivity index (χ1v) is 9.56. The van der Waals surface area contributed by atoms with E-state index in [2.05, 4.69) is 20.3 Å². The zero-order valence-electron chi connectivity index (χ0n) is 16.8. The number of amides is 1. The number of ether oxygens (including phenoxy) is 1. The Kier molecular flexibility index (Phi) is 5.41. The molecule has 2 atom stereocenters. The molecule has 1 fully saturated rings. The van der Waals surface area contributed by atoms with E-state index in [4.69, 9.17) is 4.74 Å². The fourth-order valence-electron chi connectivity index (χ4n) is 3.75. The van der Waals surface area contributed by atoms with Crippen molar-refractivity contribution in [2.24, 2.45) is 7.05 Å². The molecule has 0 bridgehead atoms. The molecule has 1 aliphatic rings. The van der Waals surface area contributed by atoms with Crippen molar-refractivity contribution in [3.8, 4) is 5.69 Å². The molecule has 3 heterocycles. The Hall–Kier alpha value is -3.04. The first kappa shape index (κ1) is 19.3. The van der Waals surface area contributed by atoms with E-state index in [1.165, 1.54) is 6.20 Å². The van der Waals surface area contributed by atoms with Crippen molar-refractivity contribution < 1.29 is 9.53 Å². The molecule has 0 unspecified atom stereocenters. The smallest absolute Gasteiger partial charge is 0.274 e. The molecule has 0 spiro atoms. The SMILES string of the molecule is CN(C)C[C@@H]1OCCN(C(=O)c2cnnn2-c2ccccc2)[C@H]1c1cnn(C)c1. The summed E-state index contributed by atoms with van der Waals surface area (Å²) in [4.78, 5) is 17.5. The number of aromatic nitrogens is 5. The molecule has 2 aromatic heterocycles. The zero-order chi connectivity index (χ0) is 20.4. The minimum absolute atomic E-state index is 0.125. The third kappa shape index (κ3) is 3.92. The topological polar surface area (TPSA) is 81.3 Å². The molecule has 1 amide bonds. The van der Waals surface area contributed by atoms with Gasteiger partial charge in [0.05, 0.1) is 36.8 Å². The maximum absolute atomic E-state index is 13.6. The lowest BCUT2D eigenvalue weighted by molar-refractivity contribution is -0.0687. The fraction of sp³-hybridized carbons (Fsp3) is 0.400. The lowest BCUT2D eigenvalue weighted by atomic mass is 10.00. The van der Waals surface area contributed by atoms with Crippen LogP contribution in [-0.2, 0) is 11.8 Å². The van der Waals surface area contributed by atoms with Crippen molar-refractivity contribution in [2.45, 2.75) is 12.1 Å². The van der Waals surface area contributed by atoms with E-state index in [9.17, 15) is 4.79 Å². The predicted octanol–water partition coefficient (Wildman–Crippen LogP) is 1.14. The summed E-state index contributed by atoms with van der Waals surface area (Å²) in [5.41, 5.74) is 2.17. The Morgan fingerprint density at radius 3 is 2.72 bits per heavy atom. The van der Waals surface area contributed by atoms with Gasteiger partial charge in [-0.05, 0) is 26.2 Å². The molecule has 3 aromatic rings. The number of hydrogen-bond donors (Lipinski definition) is 0. The van der Waals surface area contributed by atoms with Gasteiger partial charge in [0, 0.05) is 31.9 Å². The quantitative estimate of drug-likeness (QED) is 0.645. The largest absolute Gasteiger partial charge is 0.373 e. The van der Waals surface area contributed by atoms with Gasteiger partial charge >= 0.3 is 0 Å². The molecule has 1 aromatic carbocycles. The van der Waals surface area contributed by atoms with Gasteiger partial charge in [-0.1, -0.05) is 23.4 Å². The molecule has 9 nitrogen and oxygen atoms in total. The molecule has 0 N–H and O–H groups in total. The standard InChI is InChI=1S/C20H25N7O2/c1-24(2)14-18-19(15-11-22-25(3)13-15)26(9-10-29-18)20(28)17-12-21-23-27(17)16-7-5-4-6-8-16/h4-8,11-13,18-19H,9-10,14H2,1-3H3/t18-,19-/m0/s1. The average Bonchev–Trinajstić information content (AvgIpc) is 3.36. The number of nitrogens with zero attached hydrogens (tertiary/aromatic N) is 7. The highest BCUT2D eigenvalue weighted by molar-refractivity contribution is 5.93. The molecule has 29 heavy (non-hydrogen) atoms. The van der Waals surface area contributed by atoms with Gasteiger partial charge in [0.15, 0.2) is 5.69 Å². The second kappa shape index (κ2) is 8.14. The van der Waals surface area contributed by atoms with E-state index < -0.39 is 0 Å². The van der Waals surface area contributed by atoms with Crippen LogP contribution in [0.4, 0.5) is 0 Å². The van der Waals surface area contributed by atoms with Gasteiger partial charge in [-0.15, -0.1) is 5.10 Å².